The molecule has 0 aliphatic rings. The molecule has 5 nitrogen and oxygen atoms in total. The maximum atomic E-state index is 10.1. The van der Waals surface area contributed by atoms with Crippen molar-refractivity contribution in [3.05, 3.63) is 71.8 Å². The number of fused-ring (bicyclic) bond motifs is 1. The number of nitrogens with zero attached hydrogens (tertiary/aromatic N) is 2. The zero-order valence-electron chi connectivity index (χ0n) is 15.0. The summed E-state index contributed by atoms with van der Waals surface area (Å²) < 4.78 is 11.0. The first-order valence-electron chi connectivity index (χ1n) is 8.52. The number of rotatable bonds is 4. The first-order valence-corrected chi connectivity index (χ1v) is 8.52. The van der Waals surface area contributed by atoms with E-state index in [0.717, 1.165) is 16.6 Å². The van der Waals surface area contributed by atoms with Crippen molar-refractivity contribution >= 4 is 23.0 Å². The van der Waals surface area contributed by atoms with E-state index in [9.17, 15) is 5.11 Å². The minimum Gasteiger partial charge on any atom is -0.504 e. The third kappa shape index (κ3) is 3.40. The normalized spacial score (nSPS) is 11.3. The van der Waals surface area contributed by atoms with Crippen LogP contribution in [0.3, 0.4) is 0 Å². The van der Waals surface area contributed by atoms with Gasteiger partial charge in [0.2, 0.25) is 5.89 Å². The fraction of sp³-hybridized carbons (Fsp3) is 0.0909. The average Bonchev–Trinajstić information content (AvgIpc) is 3.10. The highest BCUT2D eigenvalue weighted by atomic mass is 16.5. The molecule has 1 heterocycles. The van der Waals surface area contributed by atoms with Gasteiger partial charge in [-0.3, -0.25) is 4.99 Å². The van der Waals surface area contributed by atoms with E-state index in [1.54, 1.807) is 24.4 Å². The molecular formula is C22H18N2O3. The largest absolute Gasteiger partial charge is 0.504 e. The third-order valence-corrected chi connectivity index (χ3v) is 4.24. The predicted octanol–water partition coefficient (Wildman–Crippen LogP) is 5.27. The van der Waals surface area contributed by atoms with Gasteiger partial charge in [0.25, 0.3) is 0 Å². The third-order valence-electron chi connectivity index (χ3n) is 4.24. The molecule has 0 amide bonds. The Hall–Kier alpha value is -3.60. The first-order chi connectivity index (χ1) is 13.1. The molecular weight excluding hydrogens is 340 g/mol. The van der Waals surface area contributed by atoms with Crippen LogP contribution in [-0.2, 0) is 0 Å². The summed E-state index contributed by atoms with van der Waals surface area (Å²) in [6.07, 6.45) is 1.60. The summed E-state index contributed by atoms with van der Waals surface area (Å²) in [6, 6.07) is 18.8. The van der Waals surface area contributed by atoms with Crippen molar-refractivity contribution in [2.45, 2.75) is 6.92 Å². The molecule has 134 valence electrons. The summed E-state index contributed by atoms with van der Waals surface area (Å²) in [5, 5.41) is 10.1. The number of ether oxygens (including phenoxy) is 1. The van der Waals surface area contributed by atoms with Crippen molar-refractivity contribution in [3.8, 4) is 23.0 Å². The summed E-state index contributed by atoms with van der Waals surface area (Å²) >= 11 is 0. The number of phenols is 1. The summed E-state index contributed by atoms with van der Waals surface area (Å²) in [6.45, 7) is 2.03. The maximum Gasteiger partial charge on any atom is 0.227 e. The second kappa shape index (κ2) is 6.96. The Morgan fingerprint density at radius 3 is 2.74 bits per heavy atom. The number of oxazole rings is 1. The van der Waals surface area contributed by atoms with E-state index in [2.05, 4.69) is 9.98 Å². The molecule has 1 aromatic heterocycles. The van der Waals surface area contributed by atoms with Gasteiger partial charge in [0.05, 0.1) is 12.8 Å². The minimum absolute atomic E-state index is 0.0630. The number of hydrogen-bond donors (Lipinski definition) is 1. The number of aryl methyl sites for hydroxylation is 1. The van der Waals surface area contributed by atoms with E-state index in [1.807, 2.05) is 49.4 Å². The molecule has 4 aromatic rings. The lowest BCUT2D eigenvalue weighted by atomic mass is 10.1. The second-order valence-electron chi connectivity index (χ2n) is 6.20. The zero-order valence-corrected chi connectivity index (χ0v) is 15.0. The molecule has 0 spiro atoms. The lowest BCUT2D eigenvalue weighted by molar-refractivity contribution is 0.373. The lowest BCUT2D eigenvalue weighted by Crippen LogP contribution is -1.88. The van der Waals surface area contributed by atoms with E-state index in [1.165, 1.54) is 7.11 Å². The standard InChI is InChI=1S/C22H18N2O3/c1-14-5-3-6-15(11-14)22-24-18-12-17(9-10-19(18)27-22)23-13-16-7-4-8-20(26-2)21(16)25/h3-13,25H,1-2H3. The molecule has 0 aliphatic heterocycles. The fourth-order valence-corrected chi connectivity index (χ4v) is 2.85. The molecule has 0 saturated carbocycles. The van der Waals surface area contributed by atoms with Crippen LogP contribution in [0.25, 0.3) is 22.6 Å². The van der Waals surface area contributed by atoms with Gasteiger partial charge in [0.15, 0.2) is 17.1 Å². The van der Waals surface area contributed by atoms with Gasteiger partial charge in [-0.25, -0.2) is 4.98 Å². The molecule has 4 rings (SSSR count). The smallest absolute Gasteiger partial charge is 0.227 e. The average molecular weight is 358 g/mol. The van der Waals surface area contributed by atoms with Crippen molar-refractivity contribution in [3.63, 3.8) is 0 Å². The van der Waals surface area contributed by atoms with Crippen LogP contribution in [0, 0.1) is 6.92 Å². The number of aliphatic imine (C=N–C) groups is 1. The molecule has 5 heteroatoms. The highest BCUT2D eigenvalue weighted by molar-refractivity contribution is 5.88. The number of hydrogen-bond acceptors (Lipinski definition) is 5. The van der Waals surface area contributed by atoms with Crippen LogP contribution in [0.1, 0.15) is 11.1 Å². The van der Waals surface area contributed by atoms with E-state index in [0.29, 0.717) is 28.5 Å². The van der Waals surface area contributed by atoms with Gasteiger partial charge in [-0.1, -0.05) is 23.8 Å². The van der Waals surface area contributed by atoms with Gasteiger partial charge in [-0.05, 0) is 49.4 Å². The van der Waals surface area contributed by atoms with Crippen LogP contribution in [0.4, 0.5) is 5.69 Å². The summed E-state index contributed by atoms with van der Waals surface area (Å²) in [5.74, 6) is 1.06. The Labute approximate surface area is 156 Å². The molecule has 27 heavy (non-hydrogen) atoms. The number of aromatic nitrogens is 1. The Morgan fingerprint density at radius 1 is 1.07 bits per heavy atom. The Morgan fingerprint density at radius 2 is 1.93 bits per heavy atom. The monoisotopic (exact) mass is 358 g/mol. The quantitative estimate of drug-likeness (QED) is 0.505. The molecule has 0 unspecified atom stereocenters. The van der Waals surface area contributed by atoms with Crippen molar-refractivity contribution in [2.75, 3.05) is 7.11 Å². The molecule has 1 N–H and O–H groups in total. The van der Waals surface area contributed by atoms with Gasteiger partial charge >= 0.3 is 0 Å². The van der Waals surface area contributed by atoms with Crippen molar-refractivity contribution in [1.82, 2.24) is 4.98 Å². The molecule has 3 aromatic carbocycles. The van der Waals surface area contributed by atoms with Crippen molar-refractivity contribution in [2.24, 2.45) is 4.99 Å². The van der Waals surface area contributed by atoms with E-state index in [-0.39, 0.29) is 5.75 Å². The number of phenolic OH excluding ortho intramolecular Hbond substituents is 1. The Bertz CT molecular complexity index is 1150. The number of para-hydroxylation sites is 1. The van der Waals surface area contributed by atoms with Crippen LogP contribution >= 0.6 is 0 Å². The van der Waals surface area contributed by atoms with Crippen molar-refractivity contribution < 1.29 is 14.3 Å². The number of aromatic hydroxyl groups is 1. The topological polar surface area (TPSA) is 67.9 Å². The molecule has 0 fully saturated rings. The first kappa shape index (κ1) is 16.8. The van der Waals surface area contributed by atoms with Gasteiger partial charge in [-0.2, -0.15) is 0 Å². The SMILES string of the molecule is COc1cccc(C=Nc2ccc3oc(-c4cccc(C)c4)nc3c2)c1O. The van der Waals surface area contributed by atoms with Gasteiger partial charge in [-0.15, -0.1) is 0 Å². The minimum atomic E-state index is 0.0630. The van der Waals surface area contributed by atoms with Crippen LogP contribution in [0.2, 0.25) is 0 Å². The van der Waals surface area contributed by atoms with Crippen LogP contribution in [0.15, 0.2) is 70.1 Å². The summed E-state index contributed by atoms with van der Waals surface area (Å²) in [4.78, 5) is 9.01. The van der Waals surface area contributed by atoms with Crippen molar-refractivity contribution in [1.29, 1.82) is 0 Å². The highest BCUT2D eigenvalue weighted by Gasteiger charge is 2.09. The lowest BCUT2D eigenvalue weighted by Gasteiger charge is -2.04. The molecule has 0 bridgehead atoms. The second-order valence-corrected chi connectivity index (χ2v) is 6.20. The summed E-state index contributed by atoms with van der Waals surface area (Å²) in [7, 11) is 1.51. The molecule has 0 atom stereocenters. The number of methoxy groups -OCH3 is 1. The predicted molar refractivity (Wildman–Crippen MR) is 106 cm³/mol. The zero-order chi connectivity index (χ0) is 18.8. The van der Waals surface area contributed by atoms with E-state index in [4.69, 9.17) is 9.15 Å². The molecule has 0 saturated heterocycles. The molecule has 0 radical (unpaired) electrons. The number of benzene rings is 3. The van der Waals surface area contributed by atoms with Crippen LogP contribution in [0.5, 0.6) is 11.5 Å². The highest BCUT2D eigenvalue weighted by Crippen LogP contribution is 2.30. The fourth-order valence-electron chi connectivity index (χ4n) is 2.85. The van der Waals surface area contributed by atoms with Crippen LogP contribution in [-0.4, -0.2) is 23.4 Å². The maximum absolute atomic E-state index is 10.1. The Kier molecular flexibility index (Phi) is 4.34. The van der Waals surface area contributed by atoms with Gasteiger partial charge in [0.1, 0.15) is 5.52 Å². The van der Waals surface area contributed by atoms with Gasteiger partial charge in [0, 0.05) is 17.3 Å². The van der Waals surface area contributed by atoms with E-state index < -0.39 is 0 Å². The van der Waals surface area contributed by atoms with Crippen LogP contribution < -0.4 is 4.74 Å². The van der Waals surface area contributed by atoms with Gasteiger partial charge < -0.3 is 14.3 Å². The summed E-state index contributed by atoms with van der Waals surface area (Å²) in [5.41, 5.74) is 4.82. The van der Waals surface area contributed by atoms with E-state index >= 15 is 0 Å². The molecule has 0 aliphatic carbocycles. The Balaban J connectivity index is 1.66.